The van der Waals surface area contributed by atoms with Gasteiger partial charge in [-0.15, -0.1) is 11.3 Å². The average molecular weight is 318 g/mol. The van der Waals surface area contributed by atoms with Crippen molar-refractivity contribution in [3.63, 3.8) is 0 Å². The summed E-state index contributed by atoms with van der Waals surface area (Å²) in [7, 11) is 0. The summed E-state index contributed by atoms with van der Waals surface area (Å²) in [6, 6.07) is 1.78. The van der Waals surface area contributed by atoms with E-state index in [9.17, 15) is 4.79 Å². The molecule has 22 heavy (non-hydrogen) atoms. The van der Waals surface area contributed by atoms with Crippen molar-refractivity contribution in [2.24, 2.45) is 0 Å². The van der Waals surface area contributed by atoms with Gasteiger partial charge < -0.3 is 10.1 Å². The molecule has 1 saturated heterocycles. The number of ether oxygens (including phenoxy) is 1. The van der Waals surface area contributed by atoms with Crippen molar-refractivity contribution >= 4 is 17.2 Å². The van der Waals surface area contributed by atoms with Crippen LogP contribution in [0.25, 0.3) is 10.8 Å². The second kappa shape index (κ2) is 7.42. The van der Waals surface area contributed by atoms with E-state index in [1.54, 1.807) is 18.5 Å². The van der Waals surface area contributed by atoms with Crippen LogP contribution in [0.2, 0.25) is 0 Å². The molecule has 3 heterocycles. The highest BCUT2D eigenvalue weighted by Crippen LogP contribution is 2.19. The number of thiazole rings is 1. The zero-order chi connectivity index (χ0) is 15.2. The second-order valence-electron chi connectivity index (χ2n) is 5.11. The first-order valence-corrected chi connectivity index (χ1v) is 8.32. The number of carbonyl (C=O) groups excluding carboxylic acids is 1. The van der Waals surface area contributed by atoms with Gasteiger partial charge in [-0.05, 0) is 25.3 Å². The number of rotatable bonds is 5. The molecule has 0 bridgehead atoms. The quantitative estimate of drug-likeness (QED) is 0.910. The van der Waals surface area contributed by atoms with Gasteiger partial charge in [-0.25, -0.2) is 15.0 Å². The highest BCUT2D eigenvalue weighted by Gasteiger charge is 2.21. The summed E-state index contributed by atoms with van der Waals surface area (Å²) in [4.78, 5) is 24.8. The van der Waals surface area contributed by atoms with Crippen LogP contribution in [0.1, 0.15) is 25.0 Å². The third kappa shape index (κ3) is 3.86. The Hall–Kier alpha value is -1.86. The zero-order valence-electron chi connectivity index (χ0n) is 12.2. The number of hydrogen-bond acceptors (Lipinski definition) is 6. The molecule has 1 amide bonds. The van der Waals surface area contributed by atoms with Crippen LogP contribution in [0.15, 0.2) is 23.8 Å². The first kappa shape index (κ1) is 15.1. The van der Waals surface area contributed by atoms with Crippen molar-refractivity contribution in [3.8, 4) is 10.8 Å². The van der Waals surface area contributed by atoms with Crippen molar-refractivity contribution in [2.75, 3.05) is 13.2 Å². The summed E-state index contributed by atoms with van der Waals surface area (Å²) >= 11 is 1.52. The number of nitrogens with zero attached hydrogens (tertiary/aromatic N) is 3. The molecule has 1 fully saturated rings. The predicted octanol–water partition coefficient (Wildman–Crippen LogP) is 1.83. The van der Waals surface area contributed by atoms with Gasteiger partial charge in [0.15, 0.2) is 10.8 Å². The van der Waals surface area contributed by atoms with Crippen LogP contribution in [-0.2, 0) is 16.0 Å². The van der Waals surface area contributed by atoms with E-state index >= 15 is 0 Å². The normalized spacial score (nSPS) is 18.1. The minimum Gasteiger partial charge on any atom is -0.368 e. The molecule has 2 aromatic rings. The number of nitrogens with one attached hydrogen (secondary N) is 1. The van der Waals surface area contributed by atoms with E-state index < -0.39 is 0 Å². The summed E-state index contributed by atoms with van der Waals surface area (Å²) in [6.07, 6.45) is 6.75. The molecule has 1 aliphatic rings. The predicted molar refractivity (Wildman–Crippen MR) is 83.4 cm³/mol. The Kier molecular flexibility index (Phi) is 5.07. The third-order valence-electron chi connectivity index (χ3n) is 3.46. The first-order chi connectivity index (χ1) is 10.8. The van der Waals surface area contributed by atoms with Gasteiger partial charge in [-0.2, -0.15) is 0 Å². The fraction of sp³-hybridized carbons (Fsp3) is 0.467. The molecule has 1 N–H and O–H groups in total. The van der Waals surface area contributed by atoms with Gasteiger partial charge in [0.05, 0.1) is 5.69 Å². The molecule has 0 radical (unpaired) electrons. The average Bonchev–Trinajstić information content (AvgIpc) is 3.05. The Bertz CT molecular complexity index is 611. The highest BCUT2D eigenvalue weighted by molar-refractivity contribution is 7.13. The van der Waals surface area contributed by atoms with Crippen LogP contribution in [0.5, 0.6) is 0 Å². The summed E-state index contributed by atoms with van der Waals surface area (Å²) in [6.45, 7) is 1.25. The molecule has 6 nitrogen and oxygen atoms in total. The highest BCUT2D eigenvalue weighted by atomic mass is 32.1. The van der Waals surface area contributed by atoms with E-state index in [-0.39, 0.29) is 12.0 Å². The lowest BCUT2D eigenvalue weighted by Crippen LogP contribution is -2.39. The topological polar surface area (TPSA) is 77.0 Å². The molecule has 1 atom stereocenters. The maximum absolute atomic E-state index is 11.9. The summed E-state index contributed by atoms with van der Waals surface area (Å²) in [5.41, 5.74) is 0.942. The van der Waals surface area contributed by atoms with Crippen molar-refractivity contribution in [2.45, 2.75) is 31.8 Å². The molecule has 116 valence electrons. The van der Waals surface area contributed by atoms with Crippen molar-refractivity contribution < 1.29 is 9.53 Å². The van der Waals surface area contributed by atoms with Crippen molar-refractivity contribution in [1.82, 2.24) is 20.3 Å². The smallest absolute Gasteiger partial charge is 0.249 e. The maximum Gasteiger partial charge on any atom is 0.249 e. The van der Waals surface area contributed by atoms with E-state index in [1.807, 2.05) is 5.38 Å². The molecule has 0 unspecified atom stereocenters. The Labute approximate surface area is 133 Å². The third-order valence-corrected chi connectivity index (χ3v) is 4.35. The van der Waals surface area contributed by atoms with E-state index in [4.69, 9.17) is 4.74 Å². The van der Waals surface area contributed by atoms with Gasteiger partial charge >= 0.3 is 0 Å². The van der Waals surface area contributed by atoms with E-state index in [2.05, 4.69) is 20.3 Å². The van der Waals surface area contributed by atoms with Gasteiger partial charge in [0.1, 0.15) is 6.10 Å². The SMILES string of the molecule is O=C(NCCc1csc(-c2ncccn2)n1)[C@H]1CCCCO1. The Morgan fingerprint density at radius 1 is 1.36 bits per heavy atom. The molecule has 7 heteroatoms. The van der Waals surface area contributed by atoms with Crippen LogP contribution in [0.4, 0.5) is 0 Å². The number of hydrogen-bond donors (Lipinski definition) is 1. The molecular weight excluding hydrogens is 300 g/mol. The van der Waals surface area contributed by atoms with Crippen LogP contribution in [0.3, 0.4) is 0 Å². The Morgan fingerprint density at radius 3 is 3.00 bits per heavy atom. The molecule has 3 rings (SSSR count). The molecule has 2 aromatic heterocycles. The van der Waals surface area contributed by atoms with Crippen LogP contribution in [0, 0.1) is 0 Å². The van der Waals surface area contributed by atoms with Crippen molar-refractivity contribution in [1.29, 1.82) is 0 Å². The van der Waals surface area contributed by atoms with Crippen LogP contribution in [-0.4, -0.2) is 40.1 Å². The lowest BCUT2D eigenvalue weighted by Gasteiger charge is -2.21. The number of amides is 1. The van der Waals surface area contributed by atoms with Gasteiger partial charge in [0.2, 0.25) is 5.91 Å². The lowest BCUT2D eigenvalue weighted by molar-refractivity contribution is -0.135. The standard InChI is InChI=1S/C15H18N4O2S/c20-14(12-4-1-2-9-21-12)18-8-5-11-10-22-15(19-11)13-16-6-3-7-17-13/h3,6-7,10,12H,1-2,4-5,8-9H2,(H,18,20)/t12-/m1/s1. The molecule has 0 aromatic carbocycles. The molecular formula is C15H18N4O2S. The maximum atomic E-state index is 11.9. The lowest BCUT2D eigenvalue weighted by atomic mass is 10.1. The Balaban J connectivity index is 1.48. The Morgan fingerprint density at radius 2 is 2.23 bits per heavy atom. The largest absolute Gasteiger partial charge is 0.368 e. The van der Waals surface area contributed by atoms with Gasteiger partial charge in [0, 0.05) is 37.3 Å². The number of carbonyl (C=O) groups is 1. The number of aromatic nitrogens is 3. The van der Waals surface area contributed by atoms with Gasteiger partial charge in [0.25, 0.3) is 0 Å². The molecule has 0 spiro atoms. The van der Waals surface area contributed by atoms with E-state index in [0.717, 1.165) is 30.0 Å². The first-order valence-electron chi connectivity index (χ1n) is 7.44. The second-order valence-corrected chi connectivity index (χ2v) is 5.97. The van der Waals surface area contributed by atoms with Gasteiger partial charge in [-0.3, -0.25) is 4.79 Å². The summed E-state index contributed by atoms with van der Waals surface area (Å²) < 4.78 is 5.46. The fourth-order valence-electron chi connectivity index (χ4n) is 2.31. The van der Waals surface area contributed by atoms with Crippen LogP contribution < -0.4 is 5.32 Å². The zero-order valence-corrected chi connectivity index (χ0v) is 13.0. The van der Waals surface area contributed by atoms with E-state index in [1.165, 1.54) is 11.3 Å². The monoisotopic (exact) mass is 318 g/mol. The van der Waals surface area contributed by atoms with Crippen LogP contribution >= 0.6 is 11.3 Å². The minimum absolute atomic E-state index is 0.0125. The van der Waals surface area contributed by atoms with Gasteiger partial charge in [-0.1, -0.05) is 0 Å². The summed E-state index contributed by atoms with van der Waals surface area (Å²) in [5, 5.41) is 5.70. The fourth-order valence-corrected chi connectivity index (χ4v) is 3.11. The van der Waals surface area contributed by atoms with E-state index in [0.29, 0.717) is 25.4 Å². The van der Waals surface area contributed by atoms with Crippen molar-refractivity contribution in [3.05, 3.63) is 29.5 Å². The minimum atomic E-state index is -0.280. The summed E-state index contributed by atoms with van der Waals surface area (Å²) in [5.74, 6) is 0.625. The molecule has 0 saturated carbocycles. The molecule has 1 aliphatic heterocycles. The molecule has 0 aliphatic carbocycles.